The van der Waals surface area contributed by atoms with E-state index in [4.69, 9.17) is 21.1 Å². The van der Waals surface area contributed by atoms with Crippen molar-refractivity contribution in [3.05, 3.63) is 53.1 Å². The van der Waals surface area contributed by atoms with E-state index in [-0.39, 0.29) is 18.6 Å². The fraction of sp³-hybridized carbons (Fsp3) is 0.222. The number of fused-ring (bicyclic) bond motifs is 1. The highest BCUT2D eigenvalue weighted by Crippen LogP contribution is 2.32. The highest BCUT2D eigenvalue weighted by Gasteiger charge is 2.17. The molecule has 2 amide bonds. The molecule has 0 aliphatic carbocycles. The zero-order valence-corrected chi connectivity index (χ0v) is 14.4. The summed E-state index contributed by atoms with van der Waals surface area (Å²) in [6, 6.07) is 12.0. The second-order valence-corrected chi connectivity index (χ2v) is 5.91. The molecule has 0 aromatic heterocycles. The van der Waals surface area contributed by atoms with Crippen LogP contribution in [-0.4, -0.2) is 31.7 Å². The molecule has 2 aromatic carbocycles. The van der Waals surface area contributed by atoms with E-state index in [9.17, 15) is 9.59 Å². The molecule has 0 spiro atoms. The van der Waals surface area contributed by atoms with Gasteiger partial charge in [-0.1, -0.05) is 17.7 Å². The monoisotopic (exact) mass is 360 g/mol. The number of anilines is 1. The van der Waals surface area contributed by atoms with Crippen molar-refractivity contribution >= 4 is 29.1 Å². The van der Waals surface area contributed by atoms with Crippen molar-refractivity contribution in [2.45, 2.75) is 6.92 Å². The SMILES string of the molecule is CC(=O)N(CCNC(=O)c1ccc2c(c1)OCO2)c1cccc(Cl)c1. The maximum absolute atomic E-state index is 12.3. The van der Waals surface area contributed by atoms with Gasteiger partial charge in [0.15, 0.2) is 11.5 Å². The van der Waals surface area contributed by atoms with Gasteiger partial charge in [0.1, 0.15) is 0 Å². The smallest absolute Gasteiger partial charge is 0.251 e. The van der Waals surface area contributed by atoms with Gasteiger partial charge in [-0.2, -0.15) is 0 Å². The highest BCUT2D eigenvalue weighted by atomic mass is 35.5. The summed E-state index contributed by atoms with van der Waals surface area (Å²) in [5, 5.41) is 3.35. The molecule has 1 N–H and O–H groups in total. The van der Waals surface area contributed by atoms with Crippen molar-refractivity contribution in [3.8, 4) is 11.5 Å². The van der Waals surface area contributed by atoms with E-state index in [0.29, 0.717) is 40.9 Å². The average molecular weight is 361 g/mol. The molecular weight excluding hydrogens is 344 g/mol. The molecule has 25 heavy (non-hydrogen) atoms. The van der Waals surface area contributed by atoms with Crippen molar-refractivity contribution in [2.75, 3.05) is 24.8 Å². The standard InChI is InChI=1S/C18H17ClN2O4/c1-12(22)21(15-4-2-3-14(19)10-15)8-7-20-18(23)13-5-6-16-17(9-13)25-11-24-16/h2-6,9-10H,7-8,11H2,1H3,(H,20,23). The lowest BCUT2D eigenvalue weighted by Crippen LogP contribution is -2.37. The molecule has 0 radical (unpaired) electrons. The van der Waals surface area contributed by atoms with Gasteiger partial charge >= 0.3 is 0 Å². The lowest BCUT2D eigenvalue weighted by Gasteiger charge is -2.21. The van der Waals surface area contributed by atoms with Gasteiger partial charge in [-0.25, -0.2) is 0 Å². The molecule has 0 bridgehead atoms. The minimum absolute atomic E-state index is 0.125. The summed E-state index contributed by atoms with van der Waals surface area (Å²) in [6.07, 6.45) is 0. The van der Waals surface area contributed by atoms with Crippen LogP contribution in [0.25, 0.3) is 0 Å². The molecule has 0 atom stereocenters. The summed E-state index contributed by atoms with van der Waals surface area (Å²) in [6.45, 7) is 2.28. The Morgan fingerprint density at radius 1 is 1.16 bits per heavy atom. The highest BCUT2D eigenvalue weighted by molar-refractivity contribution is 6.30. The normalized spacial score (nSPS) is 11.9. The number of nitrogens with one attached hydrogen (secondary N) is 1. The van der Waals surface area contributed by atoms with Crippen LogP contribution in [0.3, 0.4) is 0 Å². The number of carbonyl (C=O) groups excluding carboxylic acids is 2. The molecule has 1 aliphatic heterocycles. The Balaban J connectivity index is 1.60. The van der Waals surface area contributed by atoms with E-state index in [2.05, 4.69) is 5.32 Å². The summed E-state index contributed by atoms with van der Waals surface area (Å²) in [5.41, 5.74) is 1.17. The maximum Gasteiger partial charge on any atom is 0.251 e. The molecule has 0 unspecified atom stereocenters. The molecule has 7 heteroatoms. The van der Waals surface area contributed by atoms with E-state index in [1.54, 1.807) is 47.4 Å². The molecule has 1 aliphatic rings. The summed E-state index contributed by atoms with van der Waals surface area (Å²) in [4.78, 5) is 25.7. The topological polar surface area (TPSA) is 67.9 Å². The van der Waals surface area contributed by atoms with Crippen LogP contribution in [0, 0.1) is 0 Å². The van der Waals surface area contributed by atoms with E-state index < -0.39 is 0 Å². The first-order valence-corrected chi connectivity index (χ1v) is 8.14. The van der Waals surface area contributed by atoms with E-state index in [0.717, 1.165) is 0 Å². The van der Waals surface area contributed by atoms with Crippen LogP contribution in [0.2, 0.25) is 5.02 Å². The first-order chi connectivity index (χ1) is 12.0. The Labute approximate surface area is 150 Å². The van der Waals surface area contributed by atoms with E-state index in [1.807, 2.05) is 0 Å². The zero-order chi connectivity index (χ0) is 17.8. The maximum atomic E-state index is 12.3. The Hall–Kier alpha value is -2.73. The second-order valence-electron chi connectivity index (χ2n) is 5.47. The van der Waals surface area contributed by atoms with Gasteiger partial charge in [-0.05, 0) is 36.4 Å². The largest absolute Gasteiger partial charge is 0.454 e. The van der Waals surface area contributed by atoms with Crippen molar-refractivity contribution in [2.24, 2.45) is 0 Å². The van der Waals surface area contributed by atoms with Crippen LogP contribution < -0.4 is 19.7 Å². The van der Waals surface area contributed by atoms with E-state index >= 15 is 0 Å². The third kappa shape index (κ3) is 4.03. The number of amides is 2. The molecular formula is C18H17ClN2O4. The Kier molecular flexibility index (Phi) is 5.09. The first-order valence-electron chi connectivity index (χ1n) is 7.76. The fourth-order valence-electron chi connectivity index (χ4n) is 2.53. The van der Waals surface area contributed by atoms with Gasteiger partial charge in [0.2, 0.25) is 12.7 Å². The Morgan fingerprint density at radius 2 is 1.96 bits per heavy atom. The number of hydrogen-bond acceptors (Lipinski definition) is 4. The number of benzene rings is 2. The summed E-state index contributed by atoms with van der Waals surface area (Å²) in [7, 11) is 0. The van der Waals surface area contributed by atoms with Crippen LogP contribution in [0.1, 0.15) is 17.3 Å². The summed E-state index contributed by atoms with van der Waals surface area (Å²) < 4.78 is 10.5. The van der Waals surface area contributed by atoms with Gasteiger partial charge in [0.25, 0.3) is 5.91 Å². The molecule has 0 saturated heterocycles. The van der Waals surface area contributed by atoms with Crippen LogP contribution in [0.4, 0.5) is 5.69 Å². The predicted octanol–water partition coefficient (Wildman–Crippen LogP) is 2.85. The van der Waals surface area contributed by atoms with Crippen LogP contribution >= 0.6 is 11.6 Å². The number of ether oxygens (including phenoxy) is 2. The van der Waals surface area contributed by atoms with Gasteiger partial charge in [-0.3, -0.25) is 9.59 Å². The quantitative estimate of drug-likeness (QED) is 0.890. The molecule has 6 nitrogen and oxygen atoms in total. The van der Waals surface area contributed by atoms with Gasteiger partial charge in [0.05, 0.1) is 0 Å². The third-order valence-electron chi connectivity index (χ3n) is 3.76. The minimum Gasteiger partial charge on any atom is -0.454 e. The van der Waals surface area contributed by atoms with E-state index in [1.165, 1.54) is 6.92 Å². The zero-order valence-electron chi connectivity index (χ0n) is 13.6. The minimum atomic E-state index is -0.243. The fourth-order valence-corrected chi connectivity index (χ4v) is 2.72. The first kappa shape index (κ1) is 17.1. The molecule has 130 valence electrons. The van der Waals surface area contributed by atoms with Gasteiger partial charge in [-0.15, -0.1) is 0 Å². The lowest BCUT2D eigenvalue weighted by molar-refractivity contribution is -0.116. The number of carbonyl (C=O) groups is 2. The van der Waals surface area contributed by atoms with Crippen molar-refractivity contribution < 1.29 is 19.1 Å². The lowest BCUT2D eigenvalue weighted by atomic mass is 10.2. The van der Waals surface area contributed by atoms with Crippen molar-refractivity contribution in [1.82, 2.24) is 5.32 Å². The molecule has 0 saturated carbocycles. The number of hydrogen-bond donors (Lipinski definition) is 1. The number of nitrogens with zero attached hydrogens (tertiary/aromatic N) is 1. The predicted molar refractivity (Wildman–Crippen MR) is 94.4 cm³/mol. The molecule has 3 rings (SSSR count). The third-order valence-corrected chi connectivity index (χ3v) is 3.99. The average Bonchev–Trinajstić information content (AvgIpc) is 3.05. The molecule has 2 aromatic rings. The van der Waals surface area contributed by atoms with Gasteiger partial charge in [0, 0.05) is 36.3 Å². The van der Waals surface area contributed by atoms with Crippen molar-refractivity contribution in [3.63, 3.8) is 0 Å². The Bertz CT molecular complexity index is 809. The summed E-state index contributed by atoms with van der Waals surface area (Å²) >= 11 is 5.97. The number of rotatable bonds is 5. The van der Waals surface area contributed by atoms with Crippen LogP contribution in [-0.2, 0) is 4.79 Å². The second kappa shape index (κ2) is 7.44. The van der Waals surface area contributed by atoms with Crippen molar-refractivity contribution in [1.29, 1.82) is 0 Å². The van der Waals surface area contributed by atoms with Gasteiger partial charge < -0.3 is 19.7 Å². The van der Waals surface area contributed by atoms with Crippen LogP contribution in [0.5, 0.6) is 11.5 Å². The molecule has 1 heterocycles. The summed E-state index contributed by atoms with van der Waals surface area (Å²) in [5.74, 6) is 0.810. The molecule has 0 fully saturated rings. The van der Waals surface area contributed by atoms with Crippen LogP contribution in [0.15, 0.2) is 42.5 Å². The Morgan fingerprint density at radius 3 is 2.72 bits per heavy atom. The number of halogens is 1.